The molecule has 0 atom stereocenters. The number of carboxylic acid groups (broad SMARTS) is 1. The summed E-state index contributed by atoms with van der Waals surface area (Å²) in [5, 5.41) is 8.57. The predicted octanol–water partition coefficient (Wildman–Crippen LogP) is 2.49. The number of carbonyl (C=O) groups is 2. The first-order chi connectivity index (χ1) is 11.6. The molecule has 0 spiro atoms. The molecule has 0 radical (unpaired) electrons. The van der Waals surface area contributed by atoms with Crippen LogP contribution in [0.15, 0.2) is 65.3 Å². The maximum atomic E-state index is 11.9. The van der Waals surface area contributed by atoms with Crippen LogP contribution in [0, 0.1) is 0 Å². The molecular weight excluding hydrogens is 310 g/mol. The molecule has 1 heterocycles. The van der Waals surface area contributed by atoms with Crippen molar-refractivity contribution in [2.24, 2.45) is 4.99 Å². The first-order valence-corrected chi connectivity index (χ1v) is 7.14. The molecule has 2 aromatic rings. The highest BCUT2D eigenvalue weighted by Crippen LogP contribution is 2.20. The highest BCUT2D eigenvalue weighted by atomic mass is 16.6. The summed E-state index contributed by atoms with van der Waals surface area (Å²) in [7, 11) is 0. The third kappa shape index (κ3) is 3.67. The summed E-state index contributed by atoms with van der Waals surface area (Å²) in [5.41, 5.74) is 1.66. The van der Waals surface area contributed by atoms with Crippen LogP contribution in [0.25, 0.3) is 6.08 Å². The maximum absolute atomic E-state index is 11.9. The number of rotatable bonds is 5. The van der Waals surface area contributed by atoms with Crippen LogP contribution >= 0.6 is 0 Å². The van der Waals surface area contributed by atoms with E-state index in [1.165, 1.54) is 0 Å². The SMILES string of the molecule is O=C(O)COc1ccc(/C=C2/N=C(c3ccccc3)OC2=O)cc1. The topological polar surface area (TPSA) is 85.2 Å². The van der Waals surface area contributed by atoms with Crippen molar-refractivity contribution in [3.05, 3.63) is 71.4 Å². The van der Waals surface area contributed by atoms with Crippen molar-refractivity contribution in [1.82, 2.24) is 0 Å². The number of carboxylic acids is 1. The van der Waals surface area contributed by atoms with Crippen LogP contribution in [0.5, 0.6) is 5.75 Å². The van der Waals surface area contributed by atoms with Gasteiger partial charge in [0.05, 0.1) is 0 Å². The second kappa shape index (κ2) is 6.78. The molecule has 0 amide bonds. The van der Waals surface area contributed by atoms with Gasteiger partial charge in [-0.25, -0.2) is 14.6 Å². The molecular formula is C18H13NO5. The van der Waals surface area contributed by atoms with Crippen LogP contribution in [0.3, 0.4) is 0 Å². The molecule has 3 rings (SSSR count). The quantitative estimate of drug-likeness (QED) is 0.675. The Morgan fingerprint density at radius 1 is 1.12 bits per heavy atom. The van der Waals surface area contributed by atoms with Crippen molar-refractivity contribution in [2.75, 3.05) is 6.61 Å². The van der Waals surface area contributed by atoms with Crippen molar-refractivity contribution < 1.29 is 24.2 Å². The molecule has 1 N–H and O–H groups in total. The molecule has 0 saturated heterocycles. The lowest BCUT2D eigenvalue weighted by molar-refractivity contribution is -0.139. The predicted molar refractivity (Wildman–Crippen MR) is 86.6 cm³/mol. The number of benzene rings is 2. The zero-order chi connectivity index (χ0) is 16.9. The van der Waals surface area contributed by atoms with Gasteiger partial charge in [-0.15, -0.1) is 0 Å². The average Bonchev–Trinajstić information content (AvgIpc) is 2.96. The summed E-state index contributed by atoms with van der Waals surface area (Å²) >= 11 is 0. The number of cyclic esters (lactones) is 1. The Balaban J connectivity index is 1.77. The van der Waals surface area contributed by atoms with E-state index in [4.69, 9.17) is 14.6 Å². The number of ether oxygens (including phenoxy) is 2. The second-order valence-electron chi connectivity index (χ2n) is 4.95. The first-order valence-electron chi connectivity index (χ1n) is 7.14. The molecule has 0 aromatic heterocycles. The normalized spacial score (nSPS) is 15.1. The maximum Gasteiger partial charge on any atom is 0.363 e. The standard InChI is InChI=1S/C18H13NO5/c20-16(21)11-23-14-8-6-12(7-9-14)10-15-18(22)24-17(19-15)13-4-2-1-3-5-13/h1-10H,11H2,(H,20,21)/b15-10+. The van der Waals surface area contributed by atoms with Gasteiger partial charge in [0.25, 0.3) is 0 Å². The number of aliphatic imine (C=N–C) groups is 1. The van der Waals surface area contributed by atoms with Gasteiger partial charge in [0.2, 0.25) is 5.90 Å². The third-order valence-corrected chi connectivity index (χ3v) is 3.19. The lowest BCUT2D eigenvalue weighted by Crippen LogP contribution is -2.09. The number of hydrogen-bond donors (Lipinski definition) is 1. The molecule has 0 saturated carbocycles. The van der Waals surface area contributed by atoms with Gasteiger partial charge >= 0.3 is 11.9 Å². The smallest absolute Gasteiger partial charge is 0.363 e. The highest BCUT2D eigenvalue weighted by molar-refractivity contribution is 6.12. The molecule has 6 heteroatoms. The molecule has 2 aromatic carbocycles. The first kappa shape index (κ1) is 15.5. The minimum atomic E-state index is -1.04. The summed E-state index contributed by atoms with van der Waals surface area (Å²) in [6, 6.07) is 15.8. The second-order valence-corrected chi connectivity index (χ2v) is 4.95. The van der Waals surface area contributed by atoms with E-state index in [-0.39, 0.29) is 11.6 Å². The molecule has 24 heavy (non-hydrogen) atoms. The average molecular weight is 323 g/mol. The number of aliphatic carboxylic acids is 1. The van der Waals surface area contributed by atoms with Gasteiger partial charge in [0, 0.05) is 5.56 Å². The van der Waals surface area contributed by atoms with Crippen LogP contribution in [0.4, 0.5) is 0 Å². The van der Waals surface area contributed by atoms with E-state index < -0.39 is 18.5 Å². The third-order valence-electron chi connectivity index (χ3n) is 3.19. The van der Waals surface area contributed by atoms with Gasteiger partial charge in [0.15, 0.2) is 12.3 Å². The van der Waals surface area contributed by atoms with Gasteiger partial charge < -0.3 is 14.6 Å². The van der Waals surface area contributed by atoms with Gasteiger partial charge in [-0.1, -0.05) is 30.3 Å². The van der Waals surface area contributed by atoms with Gasteiger partial charge in [-0.05, 0) is 35.9 Å². The van der Waals surface area contributed by atoms with Crippen LogP contribution in [0.1, 0.15) is 11.1 Å². The van der Waals surface area contributed by atoms with Crippen molar-refractivity contribution >= 4 is 23.9 Å². The van der Waals surface area contributed by atoms with Crippen molar-refractivity contribution in [3.63, 3.8) is 0 Å². The largest absolute Gasteiger partial charge is 0.482 e. The number of hydrogen-bond acceptors (Lipinski definition) is 5. The summed E-state index contributed by atoms with van der Waals surface area (Å²) in [5.74, 6) is -0.854. The molecule has 0 aliphatic carbocycles. The molecule has 1 aliphatic rings. The number of carbonyl (C=O) groups excluding carboxylic acids is 1. The van der Waals surface area contributed by atoms with Crippen molar-refractivity contribution in [2.45, 2.75) is 0 Å². The zero-order valence-electron chi connectivity index (χ0n) is 12.5. The van der Waals surface area contributed by atoms with E-state index in [9.17, 15) is 9.59 Å². The van der Waals surface area contributed by atoms with E-state index in [0.29, 0.717) is 5.75 Å². The fraction of sp³-hybridized carbons (Fsp3) is 0.0556. The molecule has 120 valence electrons. The van der Waals surface area contributed by atoms with Gasteiger partial charge in [-0.2, -0.15) is 0 Å². The van der Waals surface area contributed by atoms with Crippen LogP contribution < -0.4 is 4.74 Å². The Morgan fingerprint density at radius 2 is 1.83 bits per heavy atom. The highest BCUT2D eigenvalue weighted by Gasteiger charge is 2.23. The lowest BCUT2D eigenvalue weighted by atomic mass is 10.2. The number of nitrogens with zero attached hydrogens (tertiary/aromatic N) is 1. The van der Waals surface area contributed by atoms with Crippen LogP contribution in [0.2, 0.25) is 0 Å². The Morgan fingerprint density at radius 3 is 2.50 bits per heavy atom. The minimum absolute atomic E-state index is 0.202. The summed E-state index contributed by atoms with van der Waals surface area (Å²) in [4.78, 5) is 26.6. The van der Waals surface area contributed by atoms with Crippen LogP contribution in [-0.4, -0.2) is 29.5 Å². The van der Waals surface area contributed by atoms with Crippen molar-refractivity contribution in [3.8, 4) is 5.75 Å². The van der Waals surface area contributed by atoms with Crippen molar-refractivity contribution in [1.29, 1.82) is 0 Å². The van der Waals surface area contributed by atoms with E-state index in [2.05, 4.69) is 4.99 Å². The van der Waals surface area contributed by atoms with Gasteiger partial charge in [-0.3, -0.25) is 0 Å². The monoisotopic (exact) mass is 323 g/mol. The lowest BCUT2D eigenvalue weighted by Gasteiger charge is -2.02. The summed E-state index contributed by atoms with van der Waals surface area (Å²) in [6.07, 6.45) is 1.60. The van der Waals surface area contributed by atoms with E-state index >= 15 is 0 Å². The zero-order valence-corrected chi connectivity index (χ0v) is 12.5. The molecule has 0 unspecified atom stereocenters. The summed E-state index contributed by atoms with van der Waals surface area (Å²) < 4.78 is 10.2. The Labute approximate surface area is 137 Å². The fourth-order valence-corrected chi connectivity index (χ4v) is 2.08. The van der Waals surface area contributed by atoms with E-state index in [1.54, 1.807) is 30.3 Å². The molecule has 0 bridgehead atoms. The Bertz CT molecular complexity index is 822. The Kier molecular flexibility index (Phi) is 4.38. The van der Waals surface area contributed by atoms with E-state index in [1.807, 2.05) is 30.3 Å². The van der Waals surface area contributed by atoms with E-state index in [0.717, 1.165) is 11.1 Å². The number of esters is 1. The molecule has 6 nitrogen and oxygen atoms in total. The molecule has 0 fully saturated rings. The minimum Gasteiger partial charge on any atom is -0.482 e. The summed E-state index contributed by atoms with van der Waals surface area (Å²) in [6.45, 7) is -0.405. The fourth-order valence-electron chi connectivity index (χ4n) is 2.08. The van der Waals surface area contributed by atoms with Crippen LogP contribution in [-0.2, 0) is 14.3 Å². The molecule has 1 aliphatic heterocycles. The Hall–Kier alpha value is -3.41. The van der Waals surface area contributed by atoms with Gasteiger partial charge in [0.1, 0.15) is 5.75 Å².